The first-order valence-electron chi connectivity index (χ1n) is 11.6. The molecule has 0 unspecified atom stereocenters. The maximum absolute atomic E-state index is 13.4. The molecule has 4 rings (SSSR count). The maximum atomic E-state index is 13.4. The lowest BCUT2D eigenvalue weighted by atomic mass is 10.1. The van der Waals surface area contributed by atoms with Crippen molar-refractivity contribution in [1.29, 1.82) is 0 Å². The summed E-state index contributed by atoms with van der Waals surface area (Å²) in [5.41, 5.74) is 3.21. The summed E-state index contributed by atoms with van der Waals surface area (Å²) in [7, 11) is -3.82. The molecule has 1 aliphatic rings. The lowest BCUT2D eigenvalue weighted by Crippen LogP contribution is -2.51. The van der Waals surface area contributed by atoms with E-state index in [1.165, 1.54) is 9.87 Å². The topological polar surface area (TPSA) is 60.9 Å². The van der Waals surface area contributed by atoms with Crippen molar-refractivity contribution in [3.63, 3.8) is 0 Å². The van der Waals surface area contributed by atoms with Gasteiger partial charge >= 0.3 is 0 Å². The predicted octanol–water partition coefficient (Wildman–Crippen LogP) is 3.53. The van der Waals surface area contributed by atoms with Gasteiger partial charge in [-0.15, -0.1) is 0 Å². The van der Waals surface area contributed by atoms with Crippen LogP contribution in [-0.2, 0) is 27.9 Å². The number of benzene rings is 3. The smallest absolute Gasteiger partial charge is 0.243 e. The Balaban J connectivity index is 1.44. The molecule has 0 aliphatic carbocycles. The Bertz CT molecular complexity index is 1170. The molecular formula is C27H31N3O3S. The number of nitrogens with zero attached hydrogens (tertiary/aromatic N) is 3. The average Bonchev–Trinajstić information content (AvgIpc) is 2.86. The van der Waals surface area contributed by atoms with Crippen LogP contribution in [0.1, 0.15) is 16.7 Å². The minimum Gasteiger partial charge on any atom is -0.339 e. The molecule has 1 aliphatic heterocycles. The van der Waals surface area contributed by atoms with Crippen LogP contribution in [0.15, 0.2) is 89.8 Å². The monoisotopic (exact) mass is 477 g/mol. The van der Waals surface area contributed by atoms with Crippen molar-refractivity contribution in [1.82, 2.24) is 14.1 Å². The van der Waals surface area contributed by atoms with Gasteiger partial charge in [-0.3, -0.25) is 9.69 Å². The molecule has 34 heavy (non-hydrogen) atoms. The Morgan fingerprint density at radius 2 is 1.38 bits per heavy atom. The van der Waals surface area contributed by atoms with Crippen LogP contribution >= 0.6 is 0 Å². The summed E-state index contributed by atoms with van der Waals surface area (Å²) in [5.74, 6) is -0.161. The van der Waals surface area contributed by atoms with Crippen LogP contribution in [0, 0.1) is 6.92 Å². The van der Waals surface area contributed by atoms with Gasteiger partial charge in [0.2, 0.25) is 15.9 Å². The van der Waals surface area contributed by atoms with Crippen LogP contribution in [-0.4, -0.2) is 61.2 Å². The van der Waals surface area contributed by atoms with Crippen LogP contribution in [0.5, 0.6) is 0 Å². The number of rotatable bonds is 8. The van der Waals surface area contributed by atoms with Crippen molar-refractivity contribution >= 4 is 15.9 Å². The van der Waals surface area contributed by atoms with Crippen molar-refractivity contribution < 1.29 is 13.2 Å². The zero-order chi connectivity index (χ0) is 24.0. The van der Waals surface area contributed by atoms with E-state index in [1.807, 2.05) is 49.4 Å². The summed E-state index contributed by atoms with van der Waals surface area (Å²) in [6, 6.07) is 26.3. The minimum absolute atomic E-state index is 0.150. The van der Waals surface area contributed by atoms with E-state index in [9.17, 15) is 13.2 Å². The molecule has 7 heteroatoms. The number of hydrogen-bond acceptors (Lipinski definition) is 4. The summed E-state index contributed by atoms with van der Waals surface area (Å²) in [5, 5.41) is 0. The van der Waals surface area contributed by atoms with Gasteiger partial charge in [-0.1, -0.05) is 78.4 Å². The van der Waals surface area contributed by atoms with Gasteiger partial charge in [0.05, 0.1) is 11.4 Å². The highest BCUT2D eigenvalue weighted by Crippen LogP contribution is 2.19. The number of sulfonamides is 1. The van der Waals surface area contributed by atoms with Crippen molar-refractivity contribution in [3.8, 4) is 0 Å². The summed E-state index contributed by atoms with van der Waals surface area (Å²) in [6.07, 6.45) is 0. The average molecular weight is 478 g/mol. The molecule has 0 N–H and O–H groups in total. The quantitative estimate of drug-likeness (QED) is 0.498. The number of amides is 1. The molecule has 1 amide bonds. The molecule has 178 valence electrons. The fourth-order valence-electron chi connectivity index (χ4n) is 4.11. The highest BCUT2D eigenvalue weighted by molar-refractivity contribution is 7.89. The largest absolute Gasteiger partial charge is 0.339 e. The van der Waals surface area contributed by atoms with Gasteiger partial charge in [0, 0.05) is 39.3 Å². The first-order valence-corrected chi connectivity index (χ1v) is 13.0. The van der Waals surface area contributed by atoms with E-state index in [-0.39, 0.29) is 23.9 Å². The third kappa shape index (κ3) is 6.11. The van der Waals surface area contributed by atoms with E-state index in [4.69, 9.17) is 0 Å². The summed E-state index contributed by atoms with van der Waals surface area (Å²) in [4.78, 5) is 17.5. The van der Waals surface area contributed by atoms with Gasteiger partial charge in [-0.25, -0.2) is 8.42 Å². The van der Waals surface area contributed by atoms with Gasteiger partial charge in [0.25, 0.3) is 0 Å². The zero-order valence-electron chi connectivity index (χ0n) is 19.5. The first kappa shape index (κ1) is 24.1. The normalized spacial score (nSPS) is 14.9. The Hall–Kier alpha value is -3.00. The van der Waals surface area contributed by atoms with E-state index >= 15 is 0 Å². The number of carbonyl (C=O) groups excluding carboxylic acids is 1. The minimum atomic E-state index is -3.82. The lowest BCUT2D eigenvalue weighted by Gasteiger charge is -2.35. The molecule has 0 atom stereocenters. The second-order valence-corrected chi connectivity index (χ2v) is 10.7. The Labute approximate surface area is 202 Å². The molecular weight excluding hydrogens is 446 g/mol. The summed E-state index contributed by atoms with van der Waals surface area (Å²) in [6.45, 7) is 5.54. The van der Waals surface area contributed by atoms with Crippen LogP contribution in [0.2, 0.25) is 0 Å². The molecule has 0 bridgehead atoms. The maximum Gasteiger partial charge on any atom is 0.243 e. The molecule has 1 heterocycles. The van der Waals surface area contributed by atoms with Crippen molar-refractivity contribution in [2.45, 2.75) is 24.9 Å². The van der Waals surface area contributed by atoms with Crippen molar-refractivity contribution in [2.75, 3.05) is 32.7 Å². The van der Waals surface area contributed by atoms with E-state index in [0.29, 0.717) is 13.1 Å². The summed E-state index contributed by atoms with van der Waals surface area (Å²) < 4.78 is 28.1. The Morgan fingerprint density at radius 1 is 0.794 bits per heavy atom. The number of hydrogen-bond donors (Lipinski definition) is 0. The predicted molar refractivity (Wildman–Crippen MR) is 134 cm³/mol. The molecule has 3 aromatic carbocycles. The molecule has 1 fully saturated rings. The van der Waals surface area contributed by atoms with E-state index < -0.39 is 10.0 Å². The molecule has 0 radical (unpaired) electrons. The van der Waals surface area contributed by atoms with Crippen LogP contribution in [0.3, 0.4) is 0 Å². The van der Waals surface area contributed by atoms with Gasteiger partial charge in [0.1, 0.15) is 0 Å². The fraction of sp³-hybridized carbons (Fsp3) is 0.296. The SMILES string of the molecule is Cc1ccc(CN(CC(=O)N2CCN(Cc3ccccc3)CC2)S(=O)(=O)c2ccccc2)cc1. The third-order valence-electron chi connectivity index (χ3n) is 6.15. The van der Waals surface area contributed by atoms with Crippen molar-refractivity contribution in [3.05, 3.63) is 102 Å². The third-order valence-corrected chi connectivity index (χ3v) is 7.95. The molecule has 1 saturated heterocycles. The van der Waals surface area contributed by atoms with E-state index in [2.05, 4.69) is 17.0 Å². The first-order chi connectivity index (χ1) is 16.4. The van der Waals surface area contributed by atoms with Crippen LogP contribution in [0.4, 0.5) is 0 Å². The second kappa shape index (κ2) is 11.0. The highest BCUT2D eigenvalue weighted by atomic mass is 32.2. The lowest BCUT2D eigenvalue weighted by molar-refractivity contribution is -0.133. The number of aryl methyl sites for hydroxylation is 1. The van der Waals surface area contributed by atoms with E-state index in [0.717, 1.165) is 30.8 Å². The highest BCUT2D eigenvalue weighted by Gasteiger charge is 2.30. The van der Waals surface area contributed by atoms with Crippen LogP contribution < -0.4 is 0 Å². The number of carbonyl (C=O) groups is 1. The van der Waals surface area contributed by atoms with Gasteiger partial charge in [-0.2, -0.15) is 4.31 Å². The molecule has 3 aromatic rings. The molecule has 0 aromatic heterocycles. The molecule has 0 spiro atoms. The van der Waals surface area contributed by atoms with Gasteiger partial charge in [-0.05, 0) is 30.2 Å². The Morgan fingerprint density at radius 3 is 2.00 bits per heavy atom. The van der Waals surface area contributed by atoms with Crippen LogP contribution in [0.25, 0.3) is 0 Å². The summed E-state index contributed by atoms with van der Waals surface area (Å²) >= 11 is 0. The zero-order valence-corrected chi connectivity index (χ0v) is 20.3. The van der Waals surface area contributed by atoms with Crippen molar-refractivity contribution in [2.24, 2.45) is 0 Å². The van der Waals surface area contributed by atoms with E-state index in [1.54, 1.807) is 35.2 Å². The van der Waals surface area contributed by atoms with Gasteiger partial charge < -0.3 is 4.90 Å². The standard InChI is InChI=1S/C27H31N3O3S/c1-23-12-14-25(15-13-23)21-30(34(32,33)26-10-6-3-7-11-26)22-27(31)29-18-16-28(17-19-29)20-24-8-4-2-5-9-24/h2-15H,16-22H2,1H3. The van der Waals surface area contributed by atoms with Gasteiger partial charge in [0.15, 0.2) is 0 Å². The Kier molecular flexibility index (Phi) is 7.77. The second-order valence-electron chi connectivity index (χ2n) is 8.71. The fourth-order valence-corrected chi connectivity index (χ4v) is 5.51. The number of piperazine rings is 1. The molecule has 6 nitrogen and oxygen atoms in total. The molecule has 0 saturated carbocycles.